The second-order valence-electron chi connectivity index (χ2n) is 3.08. The average molecular weight is 203 g/mol. The van der Waals surface area contributed by atoms with Crippen LogP contribution in [-0.4, -0.2) is 27.1 Å². The van der Waals surface area contributed by atoms with Gasteiger partial charge in [-0.05, 0) is 6.92 Å². The zero-order valence-corrected chi connectivity index (χ0v) is 7.14. The second kappa shape index (κ2) is 2.50. The molecule has 5 nitrogen and oxygen atoms in total. The first-order chi connectivity index (χ1) is 6.44. The minimum Gasteiger partial charge on any atom is -0.381 e. The summed E-state index contributed by atoms with van der Waals surface area (Å²) in [6.45, 7) is 1.46. The lowest BCUT2D eigenvalue weighted by Crippen LogP contribution is -2.44. The quantitative estimate of drug-likeness (QED) is 0.568. The average Bonchev–Trinajstić information content (AvgIpc) is 2.44. The first kappa shape index (κ1) is 9.07. The van der Waals surface area contributed by atoms with Crippen LogP contribution in [0.25, 0.3) is 0 Å². The third kappa shape index (κ3) is 0.955. The smallest absolute Gasteiger partial charge is 0.354 e. The molecule has 0 bridgehead atoms. The highest BCUT2D eigenvalue weighted by molar-refractivity contribution is 5.99. The van der Waals surface area contributed by atoms with Crippen LogP contribution < -0.4 is 5.32 Å². The van der Waals surface area contributed by atoms with Gasteiger partial charge in [-0.3, -0.25) is 9.89 Å². The van der Waals surface area contributed by atoms with Gasteiger partial charge in [0.15, 0.2) is 6.10 Å². The normalized spacial score (nSPS) is 24.3. The predicted octanol–water partition coefficient (Wildman–Crippen LogP) is 0.339. The van der Waals surface area contributed by atoms with Crippen LogP contribution in [0.15, 0.2) is 0 Å². The number of aromatic nitrogens is 2. The predicted molar refractivity (Wildman–Crippen MR) is 41.9 cm³/mol. The van der Waals surface area contributed by atoms with Crippen molar-refractivity contribution in [3.05, 3.63) is 11.3 Å². The van der Waals surface area contributed by atoms with Gasteiger partial charge in [-0.2, -0.15) is 13.9 Å². The maximum absolute atomic E-state index is 13.0. The van der Waals surface area contributed by atoms with E-state index in [9.17, 15) is 18.7 Å². The number of carbonyl (C=O) groups excluding carboxylic acids is 1. The van der Waals surface area contributed by atoms with E-state index in [4.69, 9.17) is 0 Å². The number of hydrogen-bond acceptors (Lipinski definition) is 3. The molecule has 1 aromatic rings. The topological polar surface area (TPSA) is 78.0 Å². The van der Waals surface area contributed by atoms with Crippen LogP contribution in [0.4, 0.5) is 14.6 Å². The second-order valence-corrected chi connectivity index (χ2v) is 3.08. The lowest BCUT2D eigenvalue weighted by Gasteiger charge is -2.26. The van der Waals surface area contributed by atoms with Gasteiger partial charge in [-0.15, -0.1) is 0 Å². The molecule has 0 fully saturated rings. The lowest BCUT2D eigenvalue weighted by molar-refractivity contribution is -0.160. The Kier molecular flexibility index (Phi) is 1.62. The van der Waals surface area contributed by atoms with E-state index in [0.29, 0.717) is 0 Å². The molecule has 1 atom stereocenters. The molecule has 1 aliphatic heterocycles. The van der Waals surface area contributed by atoms with Crippen LogP contribution in [-0.2, 0) is 4.79 Å². The Morgan fingerprint density at radius 3 is 2.86 bits per heavy atom. The van der Waals surface area contributed by atoms with Gasteiger partial charge in [-0.25, -0.2) is 0 Å². The fourth-order valence-electron chi connectivity index (χ4n) is 1.37. The highest BCUT2D eigenvalue weighted by Gasteiger charge is 2.52. The molecule has 76 valence electrons. The van der Waals surface area contributed by atoms with Crippen molar-refractivity contribution in [2.45, 2.75) is 19.0 Å². The van der Waals surface area contributed by atoms with Crippen molar-refractivity contribution in [2.24, 2.45) is 0 Å². The van der Waals surface area contributed by atoms with E-state index in [1.807, 2.05) is 5.32 Å². The minimum absolute atomic E-state index is 0.0333. The maximum atomic E-state index is 13.0. The van der Waals surface area contributed by atoms with E-state index in [1.54, 1.807) is 0 Å². The molecule has 0 saturated carbocycles. The maximum Gasteiger partial charge on any atom is 0.354 e. The Bertz CT molecular complexity index is 402. The van der Waals surface area contributed by atoms with Crippen molar-refractivity contribution >= 4 is 11.7 Å². The number of nitrogens with one attached hydrogen (secondary N) is 2. The van der Waals surface area contributed by atoms with Gasteiger partial charge in [-0.1, -0.05) is 0 Å². The van der Waals surface area contributed by atoms with Gasteiger partial charge >= 0.3 is 5.92 Å². The summed E-state index contributed by atoms with van der Waals surface area (Å²) in [5, 5.41) is 17.2. The largest absolute Gasteiger partial charge is 0.381 e. The first-order valence-electron chi connectivity index (χ1n) is 3.86. The van der Waals surface area contributed by atoms with Crippen LogP contribution in [0.1, 0.15) is 17.4 Å². The summed E-state index contributed by atoms with van der Waals surface area (Å²) in [7, 11) is 0. The molecular formula is C7H7F2N3O2. The number of fused-ring (bicyclic) bond motifs is 1. The highest BCUT2D eigenvalue weighted by atomic mass is 19.3. The first-order valence-corrected chi connectivity index (χ1v) is 3.86. The summed E-state index contributed by atoms with van der Waals surface area (Å²) in [5.41, 5.74) is 0.182. The molecule has 2 rings (SSSR count). The standard InChI is InChI=1S/C7H7F2N3O2/c1-2-3-4(13)7(8,9)6(14)10-5(3)12-11-2/h4,13H,1H3,(H2,10,11,12,14)/t4-/m0/s1. The monoisotopic (exact) mass is 203 g/mol. The molecule has 1 aromatic heterocycles. The third-order valence-electron chi connectivity index (χ3n) is 2.15. The zero-order valence-electron chi connectivity index (χ0n) is 7.14. The summed E-state index contributed by atoms with van der Waals surface area (Å²) in [5.74, 6) is -5.30. The number of rotatable bonds is 0. The number of aryl methyl sites for hydroxylation is 1. The van der Waals surface area contributed by atoms with Crippen LogP contribution >= 0.6 is 0 Å². The Morgan fingerprint density at radius 1 is 1.57 bits per heavy atom. The molecule has 3 N–H and O–H groups in total. The van der Waals surface area contributed by atoms with Crippen molar-refractivity contribution in [3.8, 4) is 0 Å². The summed E-state index contributed by atoms with van der Waals surface area (Å²) in [4.78, 5) is 10.8. The number of aliphatic hydroxyl groups excluding tert-OH is 1. The van der Waals surface area contributed by atoms with Crippen molar-refractivity contribution in [1.29, 1.82) is 0 Å². The number of carbonyl (C=O) groups is 1. The van der Waals surface area contributed by atoms with E-state index in [0.717, 1.165) is 0 Å². The van der Waals surface area contributed by atoms with Crippen molar-refractivity contribution < 1.29 is 18.7 Å². The van der Waals surface area contributed by atoms with Gasteiger partial charge in [0.05, 0.1) is 11.3 Å². The molecule has 0 radical (unpaired) electrons. The minimum atomic E-state index is -3.80. The van der Waals surface area contributed by atoms with Gasteiger partial charge in [0.25, 0.3) is 5.91 Å². The third-order valence-corrected chi connectivity index (χ3v) is 2.15. The van der Waals surface area contributed by atoms with Crippen molar-refractivity contribution in [3.63, 3.8) is 0 Å². The lowest BCUT2D eigenvalue weighted by atomic mass is 9.99. The molecule has 1 amide bonds. The number of aromatic amines is 1. The number of halogens is 2. The fraction of sp³-hybridized carbons (Fsp3) is 0.429. The Hall–Kier alpha value is -1.50. The molecule has 7 heteroatoms. The molecule has 0 unspecified atom stereocenters. The molecule has 0 aromatic carbocycles. The van der Waals surface area contributed by atoms with Gasteiger partial charge in [0.2, 0.25) is 0 Å². The molecule has 1 aliphatic rings. The number of hydrogen-bond donors (Lipinski definition) is 3. The van der Waals surface area contributed by atoms with E-state index >= 15 is 0 Å². The van der Waals surface area contributed by atoms with E-state index in [2.05, 4.69) is 10.2 Å². The summed E-state index contributed by atoms with van der Waals surface area (Å²) >= 11 is 0. The summed E-state index contributed by atoms with van der Waals surface area (Å²) in [6.07, 6.45) is -2.13. The number of nitrogens with zero attached hydrogens (tertiary/aromatic N) is 1. The van der Waals surface area contributed by atoms with Crippen molar-refractivity contribution in [1.82, 2.24) is 10.2 Å². The molecular weight excluding hydrogens is 196 g/mol. The van der Waals surface area contributed by atoms with Gasteiger partial charge in [0.1, 0.15) is 5.82 Å². The van der Waals surface area contributed by atoms with Gasteiger partial charge < -0.3 is 10.4 Å². The Balaban J connectivity index is 2.57. The molecule has 14 heavy (non-hydrogen) atoms. The van der Waals surface area contributed by atoms with E-state index in [-0.39, 0.29) is 17.1 Å². The summed E-state index contributed by atoms with van der Waals surface area (Å²) < 4.78 is 26.0. The number of aliphatic hydroxyl groups is 1. The molecule has 0 spiro atoms. The molecule has 0 aliphatic carbocycles. The number of amides is 1. The van der Waals surface area contributed by atoms with Crippen LogP contribution in [0.2, 0.25) is 0 Å². The number of alkyl halides is 2. The fourth-order valence-corrected chi connectivity index (χ4v) is 1.37. The van der Waals surface area contributed by atoms with E-state index < -0.39 is 17.9 Å². The summed E-state index contributed by atoms with van der Waals surface area (Å²) in [6, 6.07) is 0. The van der Waals surface area contributed by atoms with E-state index in [1.165, 1.54) is 6.92 Å². The van der Waals surface area contributed by atoms with Crippen LogP contribution in [0, 0.1) is 6.92 Å². The van der Waals surface area contributed by atoms with Crippen molar-refractivity contribution in [2.75, 3.05) is 5.32 Å². The Morgan fingerprint density at radius 2 is 2.21 bits per heavy atom. The molecule has 0 saturated heterocycles. The van der Waals surface area contributed by atoms with Gasteiger partial charge in [0, 0.05) is 0 Å². The van der Waals surface area contributed by atoms with Crippen LogP contribution in [0.5, 0.6) is 0 Å². The number of anilines is 1. The highest BCUT2D eigenvalue weighted by Crippen LogP contribution is 2.40. The SMILES string of the molecule is Cc1n[nH]c2c1[C@H](O)C(F)(F)C(=O)N2. The zero-order chi connectivity index (χ0) is 10.5. The number of H-pyrrole nitrogens is 1. The molecule has 2 heterocycles. The van der Waals surface area contributed by atoms with Crippen LogP contribution in [0.3, 0.4) is 0 Å². The Labute approximate surface area is 77.1 Å².